The predicted molar refractivity (Wildman–Crippen MR) is 100.0 cm³/mol. The van der Waals surface area contributed by atoms with Gasteiger partial charge in [-0.05, 0) is 45.1 Å². The number of aromatic nitrogens is 3. The Morgan fingerprint density at radius 2 is 2.15 bits per heavy atom. The summed E-state index contributed by atoms with van der Waals surface area (Å²) in [7, 11) is 1.86. The molecule has 1 saturated carbocycles. The van der Waals surface area contributed by atoms with Crippen LogP contribution in [0.5, 0.6) is 0 Å². The number of fused-ring (bicyclic) bond motifs is 2. The van der Waals surface area contributed by atoms with Crippen LogP contribution in [0, 0.1) is 25.7 Å². The average molecular weight is 356 g/mol. The molecule has 0 unspecified atom stereocenters. The van der Waals surface area contributed by atoms with Gasteiger partial charge in [-0.3, -0.25) is 9.48 Å². The molecule has 2 aromatic heterocycles. The third-order valence-corrected chi connectivity index (χ3v) is 6.54. The van der Waals surface area contributed by atoms with E-state index in [-0.39, 0.29) is 11.8 Å². The second kappa shape index (κ2) is 6.05. The van der Waals surface area contributed by atoms with E-state index in [1.807, 2.05) is 31.9 Å². The monoisotopic (exact) mass is 356 g/mol. The molecule has 1 amide bonds. The Morgan fingerprint density at radius 3 is 2.88 bits per heavy atom. The summed E-state index contributed by atoms with van der Waals surface area (Å²) in [5, 5.41) is 16.3. The molecule has 1 N–H and O–H groups in total. The standard InChI is InChI=1S/C20H28N4O2/c1-5-20(26)8-6-7-14-10-24(11-16(14)20)19(25)15-9-12(2)21-18-17(15)13(3)22-23(18)4/h9,14,16,26H,5-8,10-11H2,1-4H3/t14-,16+,20-/m0/s1. The minimum Gasteiger partial charge on any atom is -0.390 e. The van der Waals surface area contributed by atoms with Crippen molar-refractivity contribution in [2.45, 2.75) is 52.1 Å². The number of carbonyl (C=O) groups excluding carboxylic acids is 1. The van der Waals surface area contributed by atoms with Gasteiger partial charge in [0.2, 0.25) is 0 Å². The number of hydrogen-bond acceptors (Lipinski definition) is 4. The Labute approximate surface area is 154 Å². The minimum absolute atomic E-state index is 0.0458. The minimum atomic E-state index is -0.619. The largest absolute Gasteiger partial charge is 0.390 e. The van der Waals surface area contributed by atoms with E-state index in [1.165, 1.54) is 0 Å². The van der Waals surface area contributed by atoms with Crippen molar-refractivity contribution in [2.75, 3.05) is 13.1 Å². The molecular weight excluding hydrogens is 328 g/mol. The van der Waals surface area contributed by atoms with Crippen molar-refractivity contribution in [3.05, 3.63) is 23.0 Å². The fourth-order valence-electron chi connectivity index (χ4n) is 5.14. The van der Waals surface area contributed by atoms with Crippen LogP contribution in [-0.2, 0) is 7.05 Å². The molecule has 1 saturated heterocycles. The molecule has 6 nitrogen and oxygen atoms in total. The molecule has 1 aliphatic carbocycles. The van der Waals surface area contributed by atoms with Gasteiger partial charge in [0.15, 0.2) is 5.65 Å². The third-order valence-electron chi connectivity index (χ3n) is 6.54. The molecule has 0 spiro atoms. The number of amides is 1. The van der Waals surface area contributed by atoms with Gasteiger partial charge in [0.05, 0.1) is 22.2 Å². The van der Waals surface area contributed by atoms with E-state index in [4.69, 9.17) is 0 Å². The normalized spacial score (nSPS) is 28.6. The van der Waals surface area contributed by atoms with Gasteiger partial charge >= 0.3 is 0 Å². The first-order valence-electron chi connectivity index (χ1n) is 9.66. The summed E-state index contributed by atoms with van der Waals surface area (Å²) in [6.07, 6.45) is 3.77. The Hall–Kier alpha value is -1.95. The van der Waals surface area contributed by atoms with Gasteiger partial charge in [0, 0.05) is 31.7 Å². The van der Waals surface area contributed by atoms with E-state index in [1.54, 1.807) is 4.68 Å². The van der Waals surface area contributed by atoms with Crippen molar-refractivity contribution in [3.63, 3.8) is 0 Å². The van der Waals surface area contributed by atoms with Crippen molar-refractivity contribution in [2.24, 2.45) is 18.9 Å². The number of pyridine rings is 1. The lowest BCUT2D eigenvalue weighted by molar-refractivity contribution is -0.0609. The zero-order valence-corrected chi connectivity index (χ0v) is 16.1. The number of aryl methyl sites for hydroxylation is 3. The highest BCUT2D eigenvalue weighted by Gasteiger charge is 2.48. The first kappa shape index (κ1) is 17.5. The Morgan fingerprint density at radius 1 is 1.38 bits per heavy atom. The maximum atomic E-state index is 13.4. The van der Waals surface area contributed by atoms with E-state index >= 15 is 0 Å². The second-order valence-electron chi connectivity index (χ2n) is 8.14. The molecule has 3 atom stereocenters. The molecule has 2 aromatic rings. The van der Waals surface area contributed by atoms with Crippen LogP contribution >= 0.6 is 0 Å². The summed E-state index contributed by atoms with van der Waals surface area (Å²) in [6.45, 7) is 7.29. The van der Waals surface area contributed by atoms with Crippen LogP contribution in [0.2, 0.25) is 0 Å². The number of rotatable bonds is 2. The lowest BCUT2D eigenvalue weighted by Crippen LogP contribution is -2.44. The van der Waals surface area contributed by atoms with E-state index in [2.05, 4.69) is 17.0 Å². The van der Waals surface area contributed by atoms with Crippen molar-refractivity contribution in [3.8, 4) is 0 Å². The topological polar surface area (TPSA) is 71.2 Å². The molecule has 0 aromatic carbocycles. The number of likely N-dealkylation sites (tertiary alicyclic amines) is 1. The smallest absolute Gasteiger partial charge is 0.254 e. The molecule has 6 heteroatoms. The summed E-state index contributed by atoms with van der Waals surface area (Å²) in [4.78, 5) is 19.9. The van der Waals surface area contributed by atoms with E-state index in [0.717, 1.165) is 54.6 Å². The third kappa shape index (κ3) is 2.54. The number of hydrogen-bond donors (Lipinski definition) is 1. The maximum Gasteiger partial charge on any atom is 0.254 e. The summed E-state index contributed by atoms with van der Waals surface area (Å²) >= 11 is 0. The molecule has 0 bridgehead atoms. The number of carbonyl (C=O) groups is 1. The maximum absolute atomic E-state index is 13.4. The van der Waals surface area contributed by atoms with Gasteiger partial charge in [-0.1, -0.05) is 13.3 Å². The molecular formula is C20H28N4O2. The number of nitrogens with zero attached hydrogens (tertiary/aromatic N) is 4. The van der Waals surface area contributed by atoms with Crippen LogP contribution in [-0.4, -0.2) is 49.4 Å². The van der Waals surface area contributed by atoms with Gasteiger partial charge in [0.1, 0.15) is 0 Å². The SMILES string of the molecule is CC[C@]1(O)CCC[C@H]2CN(C(=O)c3cc(C)nc4c3c(C)nn4C)C[C@H]21. The molecule has 2 fully saturated rings. The van der Waals surface area contributed by atoms with Gasteiger partial charge in [-0.2, -0.15) is 5.10 Å². The van der Waals surface area contributed by atoms with Crippen LogP contribution in [0.15, 0.2) is 6.07 Å². The Kier molecular flexibility index (Phi) is 4.06. The fourth-order valence-corrected chi connectivity index (χ4v) is 5.14. The Balaban J connectivity index is 1.70. The van der Waals surface area contributed by atoms with Crippen LogP contribution in [0.1, 0.15) is 54.4 Å². The van der Waals surface area contributed by atoms with E-state index < -0.39 is 5.60 Å². The first-order chi connectivity index (χ1) is 12.3. The van der Waals surface area contributed by atoms with Gasteiger partial charge in [-0.15, -0.1) is 0 Å². The summed E-state index contributed by atoms with van der Waals surface area (Å²) in [6, 6.07) is 1.88. The molecule has 4 rings (SSSR count). The molecule has 140 valence electrons. The fraction of sp³-hybridized carbons (Fsp3) is 0.650. The molecule has 1 aliphatic heterocycles. The van der Waals surface area contributed by atoms with Crippen molar-refractivity contribution >= 4 is 16.9 Å². The van der Waals surface area contributed by atoms with Gasteiger partial charge in [0.25, 0.3) is 5.91 Å². The van der Waals surface area contributed by atoms with Gasteiger partial charge < -0.3 is 10.0 Å². The first-order valence-corrected chi connectivity index (χ1v) is 9.66. The highest BCUT2D eigenvalue weighted by atomic mass is 16.3. The van der Waals surface area contributed by atoms with Gasteiger partial charge in [-0.25, -0.2) is 4.98 Å². The van der Waals surface area contributed by atoms with Crippen LogP contribution in [0.3, 0.4) is 0 Å². The molecule has 0 radical (unpaired) electrons. The second-order valence-corrected chi connectivity index (χ2v) is 8.14. The van der Waals surface area contributed by atoms with E-state index in [0.29, 0.717) is 18.0 Å². The molecule has 2 aliphatic rings. The van der Waals surface area contributed by atoms with Crippen LogP contribution in [0.25, 0.3) is 11.0 Å². The van der Waals surface area contributed by atoms with Crippen molar-refractivity contribution < 1.29 is 9.90 Å². The lowest BCUT2D eigenvalue weighted by atomic mass is 9.69. The zero-order chi connectivity index (χ0) is 18.6. The van der Waals surface area contributed by atoms with Crippen molar-refractivity contribution in [1.82, 2.24) is 19.7 Å². The lowest BCUT2D eigenvalue weighted by Gasteiger charge is -2.40. The highest BCUT2D eigenvalue weighted by molar-refractivity contribution is 6.06. The summed E-state index contributed by atoms with van der Waals surface area (Å²) < 4.78 is 1.74. The quantitative estimate of drug-likeness (QED) is 0.898. The average Bonchev–Trinajstić information content (AvgIpc) is 3.16. The summed E-state index contributed by atoms with van der Waals surface area (Å²) in [5.41, 5.74) is 2.49. The van der Waals surface area contributed by atoms with Crippen LogP contribution < -0.4 is 0 Å². The summed E-state index contributed by atoms with van der Waals surface area (Å²) in [5.74, 6) is 0.647. The number of aliphatic hydroxyl groups is 1. The Bertz CT molecular complexity index is 874. The zero-order valence-electron chi connectivity index (χ0n) is 16.1. The van der Waals surface area contributed by atoms with E-state index in [9.17, 15) is 9.90 Å². The van der Waals surface area contributed by atoms with Crippen LogP contribution in [0.4, 0.5) is 0 Å². The van der Waals surface area contributed by atoms with Crippen molar-refractivity contribution in [1.29, 1.82) is 0 Å². The highest BCUT2D eigenvalue weighted by Crippen LogP contribution is 2.44. The predicted octanol–water partition coefficient (Wildman–Crippen LogP) is 2.60. The molecule has 26 heavy (non-hydrogen) atoms. The molecule has 3 heterocycles.